The van der Waals surface area contributed by atoms with E-state index in [1.807, 2.05) is 17.5 Å². The van der Waals surface area contributed by atoms with Gasteiger partial charge in [-0.3, -0.25) is 9.59 Å². The standard InChI is InChI=1S/C16H12BrNO3S2/c17-10-3-5-11(6-4-10)18-15(20)13(12-2-1-8-22-12)14(16(18)21)23-9-7-19/h1-6,8,19H,7,9H2. The van der Waals surface area contributed by atoms with Crippen LogP contribution in [0.4, 0.5) is 5.69 Å². The minimum atomic E-state index is -0.334. The van der Waals surface area contributed by atoms with Crippen LogP contribution in [0, 0.1) is 0 Å². The summed E-state index contributed by atoms with van der Waals surface area (Å²) < 4.78 is 0.877. The van der Waals surface area contributed by atoms with Gasteiger partial charge in [0.2, 0.25) is 0 Å². The lowest BCUT2D eigenvalue weighted by Gasteiger charge is -2.15. The van der Waals surface area contributed by atoms with E-state index in [-0.39, 0.29) is 18.4 Å². The third-order valence-electron chi connectivity index (χ3n) is 3.23. The van der Waals surface area contributed by atoms with E-state index in [1.165, 1.54) is 28.0 Å². The molecule has 2 amide bonds. The average molecular weight is 410 g/mol. The maximum absolute atomic E-state index is 12.8. The van der Waals surface area contributed by atoms with Gasteiger partial charge in [0.25, 0.3) is 11.8 Å². The summed E-state index contributed by atoms with van der Waals surface area (Å²) in [5.74, 6) is -0.281. The first kappa shape index (κ1) is 16.4. The third kappa shape index (κ3) is 3.14. The van der Waals surface area contributed by atoms with Crippen molar-refractivity contribution in [3.8, 4) is 0 Å². The zero-order valence-corrected chi connectivity index (χ0v) is 15.1. The van der Waals surface area contributed by atoms with Crippen molar-refractivity contribution < 1.29 is 14.7 Å². The van der Waals surface area contributed by atoms with Gasteiger partial charge in [-0.15, -0.1) is 23.1 Å². The molecular weight excluding hydrogens is 398 g/mol. The van der Waals surface area contributed by atoms with Crippen molar-refractivity contribution in [3.05, 3.63) is 56.0 Å². The van der Waals surface area contributed by atoms with Crippen molar-refractivity contribution >= 4 is 62.1 Å². The molecule has 0 radical (unpaired) electrons. The number of aliphatic hydroxyl groups excluding tert-OH is 1. The maximum Gasteiger partial charge on any atom is 0.272 e. The molecule has 1 N–H and O–H groups in total. The quantitative estimate of drug-likeness (QED) is 0.767. The molecule has 0 spiro atoms. The van der Waals surface area contributed by atoms with Crippen LogP contribution >= 0.6 is 39.0 Å². The molecule has 0 bridgehead atoms. The Labute approximate surface area is 149 Å². The number of halogens is 1. The van der Waals surface area contributed by atoms with Crippen LogP contribution in [-0.4, -0.2) is 29.3 Å². The molecule has 0 aliphatic carbocycles. The number of hydrogen-bond donors (Lipinski definition) is 1. The molecule has 0 saturated carbocycles. The molecule has 1 aliphatic rings. The van der Waals surface area contributed by atoms with E-state index in [4.69, 9.17) is 5.11 Å². The van der Waals surface area contributed by atoms with Gasteiger partial charge in [0, 0.05) is 15.1 Å². The van der Waals surface area contributed by atoms with E-state index < -0.39 is 0 Å². The highest BCUT2D eigenvalue weighted by atomic mass is 79.9. The molecule has 118 valence electrons. The van der Waals surface area contributed by atoms with Gasteiger partial charge in [0.15, 0.2) is 0 Å². The lowest BCUT2D eigenvalue weighted by atomic mass is 10.2. The number of nitrogens with zero attached hydrogens (tertiary/aromatic N) is 1. The number of thioether (sulfide) groups is 1. The number of amides is 2. The van der Waals surface area contributed by atoms with Crippen LogP contribution in [0.5, 0.6) is 0 Å². The summed E-state index contributed by atoms with van der Waals surface area (Å²) in [6.07, 6.45) is 0. The van der Waals surface area contributed by atoms with E-state index in [2.05, 4.69) is 15.9 Å². The van der Waals surface area contributed by atoms with Crippen LogP contribution in [0.15, 0.2) is 51.2 Å². The minimum Gasteiger partial charge on any atom is -0.396 e. The Kier molecular flexibility index (Phi) is 5.01. The summed E-state index contributed by atoms with van der Waals surface area (Å²) in [6, 6.07) is 10.7. The first-order valence-corrected chi connectivity index (χ1v) is 9.45. The Morgan fingerprint density at radius 2 is 1.87 bits per heavy atom. The van der Waals surface area contributed by atoms with Gasteiger partial charge in [0.1, 0.15) is 0 Å². The first-order chi connectivity index (χ1) is 11.1. The summed E-state index contributed by atoms with van der Waals surface area (Å²) in [5, 5.41) is 10.9. The molecular formula is C16H12BrNO3S2. The maximum atomic E-state index is 12.8. The fourth-order valence-electron chi connectivity index (χ4n) is 2.25. The number of hydrogen-bond acceptors (Lipinski definition) is 5. The van der Waals surface area contributed by atoms with Crippen LogP contribution < -0.4 is 4.90 Å². The molecule has 2 aromatic rings. The Morgan fingerprint density at radius 1 is 1.13 bits per heavy atom. The Balaban J connectivity index is 2.03. The molecule has 0 saturated heterocycles. The molecule has 23 heavy (non-hydrogen) atoms. The molecule has 2 heterocycles. The number of aliphatic hydroxyl groups is 1. The molecule has 0 unspecified atom stereocenters. The second-order valence-electron chi connectivity index (χ2n) is 4.68. The second kappa shape index (κ2) is 7.00. The van der Waals surface area contributed by atoms with E-state index in [0.29, 0.717) is 21.9 Å². The Morgan fingerprint density at radius 3 is 2.48 bits per heavy atom. The fraction of sp³-hybridized carbons (Fsp3) is 0.125. The highest BCUT2D eigenvalue weighted by Gasteiger charge is 2.40. The van der Waals surface area contributed by atoms with E-state index in [1.54, 1.807) is 24.3 Å². The van der Waals surface area contributed by atoms with Crippen molar-refractivity contribution in [1.82, 2.24) is 0 Å². The van der Waals surface area contributed by atoms with E-state index in [0.717, 1.165) is 9.35 Å². The lowest BCUT2D eigenvalue weighted by Crippen LogP contribution is -2.31. The van der Waals surface area contributed by atoms with Crippen molar-refractivity contribution in [2.75, 3.05) is 17.3 Å². The second-order valence-corrected chi connectivity index (χ2v) is 7.64. The van der Waals surface area contributed by atoms with Gasteiger partial charge < -0.3 is 5.11 Å². The van der Waals surface area contributed by atoms with Crippen LogP contribution in [0.3, 0.4) is 0 Å². The number of imide groups is 1. The van der Waals surface area contributed by atoms with Gasteiger partial charge in [-0.2, -0.15) is 0 Å². The number of anilines is 1. The summed E-state index contributed by atoms with van der Waals surface area (Å²) in [6.45, 7) is -0.0500. The number of rotatable bonds is 5. The van der Waals surface area contributed by atoms with Crippen molar-refractivity contribution in [2.24, 2.45) is 0 Å². The zero-order valence-electron chi connectivity index (χ0n) is 11.9. The van der Waals surface area contributed by atoms with E-state index in [9.17, 15) is 9.59 Å². The highest BCUT2D eigenvalue weighted by Crippen LogP contribution is 2.39. The first-order valence-electron chi connectivity index (χ1n) is 6.79. The zero-order chi connectivity index (χ0) is 16.4. The monoisotopic (exact) mass is 409 g/mol. The van der Waals surface area contributed by atoms with Crippen LogP contribution in [-0.2, 0) is 9.59 Å². The van der Waals surface area contributed by atoms with Crippen LogP contribution in [0.1, 0.15) is 4.88 Å². The summed E-state index contributed by atoms with van der Waals surface area (Å²) in [7, 11) is 0. The predicted molar refractivity (Wildman–Crippen MR) is 97.4 cm³/mol. The van der Waals surface area contributed by atoms with Crippen LogP contribution in [0.25, 0.3) is 5.57 Å². The number of thiophene rings is 1. The molecule has 3 rings (SSSR count). The van der Waals surface area contributed by atoms with Crippen molar-refractivity contribution in [3.63, 3.8) is 0 Å². The number of benzene rings is 1. The molecule has 1 aromatic carbocycles. The van der Waals surface area contributed by atoms with Gasteiger partial charge >= 0.3 is 0 Å². The lowest BCUT2D eigenvalue weighted by molar-refractivity contribution is -0.119. The smallest absolute Gasteiger partial charge is 0.272 e. The molecule has 4 nitrogen and oxygen atoms in total. The molecule has 0 atom stereocenters. The van der Waals surface area contributed by atoms with Crippen molar-refractivity contribution in [1.29, 1.82) is 0 Å². The summed E-state index contributed by atoms with van der Waals surface area (Å²) in [5.41, 5.74) is 0.961. The number of carbonyl (C=O) groups is 2. The average Bonchev–Trinajstić information content (AvgIpc) is 3.14. The van der Waals surface area contributed by atoms with Gasteiger partial charge in [0.05, 0.1) is 22.8 Å². The minimum absolute atomic E-state index is 0.0500. The largest absolute Gasteiger partial charge is 0.396 e. The van der Waals surface area contributed by atoms with Gasteiger partial charge in [-0.25, -0.2) is 4.90 Å². The van der Waals surface area contributed by atoms with Gasteiger partial charge in [-0.05, 0) is 35.7 Å². The van der Waals surface area contributed by atoms with Crippen LogP contribution in [0.2, 0.25) is 0 Å². The van der Waals surface area contributed by atoms with Gasteiger partial charge in [-0.1, -0.05) is 22.0 Å². The Bertz CT molecular complexity index is 769. The highest BCUT2D eigenvalue weighted by molar-refractivity contribution is 9.10. The Hall–Kier alpha value is -1.41. The molecule has 0 fully saturated rings. The normalized spacial score (nSPS) is 15.0. The predicted octanol–water partition coefficient (Wildman–Crippen LogP) is 3.52. The molecule has 1 aliphatic heterocycles. The third-order valence-corrected chi connectivity index (χ3v) is 5.70. The van der Waals surface area contributed by atoms with E-state index >= 15 is 0 Å². The number of carbonyl (C=O) groups excluding carboxylic acids is 2. The van der Waals surface area contributed by atoms with Crippen molar-refractivity contribution in [2.45, 2.75) is 0 Å². The summed E-state index contributed by atoms with van der Waals surface area (Å²) >= 11 is 5.99. The SMILES string of the molecule is O=C1C(SCCO)=C(c2cccs2)C(=O)N1c1ccc(Br)cc1. The molecule has 7 heteroatoms. The molecule has 1 aromatic heterocycles. The fourth-order valence-corrected chi connectivity index (χ4v) is 4.20. The summed E-state index contributed by atoms with van der Waals surface area (Å²) in [4.78, 5) is 28.0. The topological polar surface area (TPSA) is 57.6 Å².